The number of carbonyl (C=O) groups is 3. The second kappa shape index (κ2) is 6.72. The van der Waals surface area contributed by atoms with Crippen LogP contribution in [0.5, 0.6) is 0 Å². The van der Waals surface area contributed by atoms with Crippen LogP contribution >= 0.6 is 11.6 Å². The van der Waals surface area contributed by atoms with Crippen LogP contribution in [0.4, 0.5) is 5.69 Å². The van der Waals surface area contributed by atoms with Crippen molar-refractivity contribution in [1.82, 2.24) is 10.2 Å². The first kappa shape index (κ1) is 17.2. The zero-order chi connectivity index (χ0) is 18.1. The molecule has 1 N–H and O–H groups in total. The zero-order valence-electron chi connectivity index (χ0n) is 14.0. The van der Waals surface area contributed by atoms with Crippen LogP contribution < -0.4 is 10.2 Å². The minimum atomic E-state index is -0.348. The van der Waals surface area contributed by atoms with Gasteiger partial charge in [-0.25, -0.2) is 0 Å². The van der Waals surface area contributed by atoms with Crippen molar-refractivity contribution in [3.63, 3.8) is 0 Å². The van der Waals surface area contributed by atoms with Crippen LogP contribution in [0.2, 0.25) is 0 Å². The minimum Gasteiger partial charge on any atom is -0.377 e. The fourth-order valence-corrected chi connectivity index (χ4v) is 3.17. The van der Waals surface area contributed by atoms with E-state index in [4.69, 9.17) is 11.6 Å². The third kappa shape index (κ3) is 2.93. The van der Waals surface area contributed by atoms with E-state index in [1.807, 2.05) is 37.2 Å². The highest BCUT2D eigenvalue weighted by Gasteiger charge is 2.33. The molecule has 0 saturated heterocycles. The van der Waals surface area contributed by atoms with E-state index in [1.54, 1.807) is 12.1 Å². The molecule has 0 aromatic heterocycles. The van der Waals surface area contributed by atoms with E-state index in [9.17, 15) is 14.4 Å². The van der Waals surface area contributed by atoms with Gasteiger partial charge in [-0.2, -0.15) is 0 Å². The molecule has 0 aliphatic carbocycles. The topological polar surface area (TPSA) is 69.7 Å². The Labute approximate surface area is 150 Å². The molecule has 0 fully saturated rings. The van der Waals surface area contributed by atoms with Crippen LogP contribution in [0.3, 0.4) is 0 Å². The van der Waals surface area contributed by atoms with E-state index in [-0.39, 0.29) is 36.7 Å². The molecule has 2 aromatic carbocycles. The van der Waals surface area contributed by atoms with Crippen molar-refractivity contribution in [3.8, 4) is 0 Å². The van der Waals surface area contributed by atoms with Crippen LogP contribution in [0.15, 0.2) is 30.3 Å². The second-order valence-corrected chi connectivity index (χ2v) is 6.27. The van der Waals surface area contributed by atoms with E-state index >= 15 is 0 Å². The summed E-state index contributed by atoms with van der Waals surface area (Å²) in [7, 11) is 3.84. The van der Waals surface area contributed by atoms with Crippen molar-refractivity contribution >= 4 is 45.8 Å². The predicted molar refractivity (Wildman–Crippen MR) is 97.4 cm³/mol. The predicted octanol–water partition coefficient (Wildman–Crippen LogP) is 1.86. The number of imide groups is 1. The van der Waals surface area contributed by atoms with Crippen LogP contribution in [0.25, 0.3) is 10.8 Å². The van der Waals surface area contributed by atoms with E-state index in [1.165, 1.54) is 4.90 Å². The van der Waals surface area contributed by atoms with Gasteiger partial charge in [-0.15, -0.1) is 11.6 Å². The van der Waals surface area contributed by atoms with Crippen molar-refractivity contribution in [3.05, 3.63) is 41.5 Å². The van der Waals surface area contributed by atoms with Gasteiger partial charge < -0.3 is 10.2 Å². The Morgan fingerprint density at radius 1 is 1.12 bits per heavy atom. The largest absolute Gasteiger partial charge is 0.377 e. The lowest BCUT2D eigenvalue weighted by Gasteiger charge is -2.28. The number of benzene rings is 2. The lowest BCUT2D eigenvalue weighted by molar-refractivity contribution is -0.118. The number of nitrogens with zero attached hydrogens (tertiary/aromatic N) is 2. The van der Waals surface area contributed by atoms with Crippen LogP contribution in [0, 0.1) is 0 Å². The normalized spacial score (nSPS) is 13.3. The van der Waals surface area contributed by atoms with Crippen molar-refractivity contribution in [2.75, 3.05) is 38.0 Å². The molecule has 3 amide bonds. The van der Waals surface area contributed by atoms with Gasteiger partial charge in [0.15, 0.2) is 0 Å². The van der Waals surface area contributed by atoms with Gasteiger partial charge in [0.1, 0.15) is 5.88 Å². The number of amides is 3. The Balaban J connectivity index is 2.00. The summed E-state index contributed by atoms with van der Waals surface area (Å²) in [4.78, 5) is 39.9. The van der Waals surface area contributed by atoms with Gasteiger partial charge in [0, 0.05) is 54.8 Å². The number of halogens is 1. The maximum Gasteiger partial charge on any atom is 0.261 e. The number of nitrogens with one attached hydrogen (secondary N) is 1. The summed E-state index contributed by atoms with van der Waals surface area (Å²) >= 11 is 5.43. The standard InChI is InChI=1S/C18H18ClN3O3/c1-21(2)14-7-6-13-16-11(14)4-3-5-12(16)17(24)22(18(13)25)9-8-20-15(23)10-19/h3-7H,8-10H2,1-2H3,(H,20,23). The summed E-state index contributed by atoms with van der Waals surface area (Å²) in [6.45, 7) is 0.273. The number of alkyl halides is 1. The highest BCUT2D eigenvalue weighted by Crippen LogP contribution is 2.35. The molecule has 130 valence electrons. The van der Waals surface area contributed by atoms with Gasteiger partial charge in [0.25, 0.3) is 11.8 Å². The number of rotatable bonds is 5. The number of hydrogen-bond acceptors (Lipinski definition) is 4. The molecular formula is C18H18ClN3O3. The molecule has 2 aromatic rings. The molecule has 7 heteroatoms. The summed E-state index contributed by atoms with van der Waals surface area (Å²) in [5.41, 5.74) is 1.95. The van der Waals surface area contributed by atoms with Gasteiger partial charge in [-0.1, -0.05) is 12.1 Å². The first-order chi connectivity index (χ1) is 12.0. The molecule has 0 spiro atoms. The third-order valence-electron chi connectivity index (χ3n) is 4.23. The van der Waals surface area contributed by atoms with Gasteiger partial charge in [0.05, 0.1) is 0 Å². The smallest absolute Gasteiger partial charge is 0.261 e. The first-order valence-electron chi connectivity index (χ1n) is 7.87. The van der Waals surface area contributed by atoms with Crippen molar-refractivity contribution in [2.24, 2.45) is 0 Å². The van der Waals surface area contributed by atoms with Crippen LogP contribution in [-0.4, -0.2) is 55.7 Å². The van der Waals surface area contributed by atoms with Gasteiger partial charge in [-0.3, -0.25) is 19.3 Å². The first-order valence-corrected chi connectivity index (χ1v) is 8.41. The Kier molecular flexibility index (Phi) is 4.63. The molecule has 6 nitrogen and oxygen atoms in total. The monoisotopic (exact) mass is 359 g/mol. The molecular weight excluding hydrogens is 342 g/mol. The molecule has 25 heavy (non-hydrogen) atoms. The Bertz CT molecular complexity index is 857. The Hall–Kier alpha value is -2.60. The SMILES string of the molecule is CN(C)c1ccc2c3c(cccc13)C(=O)N(CCNC(=O)CCl)C2=O. The van der Waals surface area contributed by atoms with Crippen molar-refractivity contribution in [2.45, 2.75) is 0 Å². The molecule has 0 saturated carbocycles. The quantitative estimate of drug-likeness (QED) is 0.653. The third-order valence-corrected chi connectivity index (χ3v) is 4.47. The summed E-state index contributed by atoms with van der Waals surface area (Å²) in [5.74, 6) is -1.19. The molecule has 0 atom stereocenters. The van der Waals surface area contributed by atoms with Crippen molar-refractivity contribution in [1.29, 1.82) is 0 Å². The fourth-order valence-electron chi connectivity index (χ4n) is 3.08. The molecule has 1 aliphatic heterocycles. The van der Waals surface area contributed by atoms with Gasteiger partial charge >= 0.3 is 0 Å². The van der Waals surface area contributed by atoms with E-state index in [0.29, 0.717) is 16.5 Å². The maximum absolute atomic E-state index is 12.8. The number of carbonyl (C=O) groups excluding carboxylic acids is 3. The summed E-state index contributed by atoms with van der Waals surface area (Å²) < 4.78 is 0. The lowest BCUT2D eigenvalue weighted by Crippen LogP contribution is -2.44. The van der Waals surface area contributed by atoms with Gasteiger partial charge in [0.2, 0.25) is 5.91 Å². The highest BCUT2D eigenvalue weighted by atomic mass is 35.5. The van der Waals surface area contributed by atoms with Gasteiger partial charge in [-0.05, 0) is 18.2 Å². The summed E-state index contributed by atoms with van der Waals surface area (Å²) in [6, 6.07) is 9.08. The molecule has 0 radical (unpaired) electrons. The number of hydrogen-bond donors (Lipinski definition) is 1. The lowest BCUT2D eigenvalue weighted by atomic mass is 9.93. The minimum absolute atomic E-state index is 0.103. The molecule has 0 bridgehead atoms. The molecule has 0 unspecified atom stereocenters. The fraction of sp³-hybridized carbons (Fsp3) is 0.278. The van der Waals surface area contributed by atoms with E-state index < -0.39 is 0 Å². The van der Waals surface area contributed by atoms with Crippen LogP contribution in [0.1, 0.15) is 20.7 Å². The summed E-state index contributed by atoms with van der Waals surface area (Å²) in [5, 5.41) is 4.13. The Morgan fingerprint density at radius 3 is 2.44 bits per heavy atom. The average molecular weight is 360 g/mol. The van der Waals surface area contributed by atoms with Crippen molar-refractivity contribution < 1.29 is 14.4 Å². The zero-order valence-corrected chi connectivity index (χ0v) is 14.8. The second-order valence-electron chi connectivity index (χ2n) is 6.00. The summed E-state index contributed by atoms with van der Waals surface area (Å²) in [6.07, 6.45) is 0. The molecule has 3 rings (SSSR count). The maximum atomic E-state index is 12.8. The highest BCUT2D eigenvalue weighted by molar-refractivity contribution is 6.27. The average Bonchev–Trinajstić information content (AvgIpc) is 2.61. The van der Waals surface area contributed by atoms with Crippen LogP contribution in [-0.2, 0) is 4.79 Å². The van der Waals surface area contributed by atoms with E-state index in [2.05, 4.69) is 5.32 Å². The Morgan fingerprint density at radius 2 is 1.80 bits per heavy atom. The van der Waals surface area contributed by atoms with E-state index in [0.717, 1.165) is 11.1 Å². The number of anilines is 1. The molecule has 1 heterocycles. The molecule has 1 aliphatic rings.